The van der Waals surface area contributed by atoms with Crippen molar-refractivity contribution < 1.29 is 14.5 Å². The van der Waals surface area contributed by atoms with Crippen molar-refractivity contribution in [1.29, 1.82) is 0 Å². The molecule has 0 fully saturated rings. The van der Waals surface area contributed by atoms with Gasteiger partial charge in [-0.25, -0.2) is 0 Å². The maximum absolute atomic E-state index is 12.5. The zero-order valence-electron chi connectivity index (χ0n) is 15.1. The average molecular weight is 393 g/mol. The van der Waals surface area contributed by atoms with Gasteiger partial charge in [0.2, 0.25) is 0 Å². The molecule has 0 saturated heterocycles. The summed E-state index contributed by atoms with van der Waals surface area (Å²) in [5.74, 6) is -0.283. The van der Waals surface area contributed by atoms with Crippen LogP contribution in [0.5, 0.6) is 5.75 Å². The van der Waals surface area contributed by atoms with E-state index in [9.17, 15) is 14.9 Å². The zero-order chi connectivity index (χ0) is 18.7. The summed E-state index contributed by atoms with van der Waals surface area (Å²) in [6, 6.07) is 6.07. The highest BCUT2D eigenvalue weighted by Gasteiger charge is 2.20. The summed E-state index contributed by atoms with van der Waals surface area (Å²) in [7, 11) is 2.03. The van der Waals surface area contributed by atoms with Crippen LogP contribution in [0.3, 0.4) is 0 Å². The molecule has 8 nitrogen and oxygen atoms in total. The van der Waals surface area contributed by atoms with Gasteiger partial charge >= 0.3 is 5.69 Å². The normalized spacial score (nSPS) is 13.3. The highest BCUT2D eigenvalue weighted by atomic mass is 35.5. The van der Waals surface area contributed by atoms with E-state index in [2.05, 4.69) is 15.2 Å². The minimum atomic E-state index is -0.557. The third-order valence-corrected chi connectivity index (χ3v) is 4.21. The van der Waals surface area contributed by atoms with Crippen LogP contribution in [0, 0.1) is 10.1 Å². The number of halogens is 1. The first-order valence-electron chi connectivity index (χ1n) is 8.37. The number of fused-ring (bicyclic) bond motifs is 1. The van der Waals surface area contributed by atoms with Crippen molar-refractivity contribution in [3.63, 3.8) is 0 Å². The van der Waals surface area contributed by atoms with E-state index >= 15 is 0 Å². The van der Waals surface area contributed by atoms with Gasteiger partial charge in [-0.3, -0.25) is 19.9 Å². The number of ether oxygens (including phenoxy) is 1. The van der Waals surface area contributed by atoms with Crippen LogP contribution in [-0.4, -0.2) is 40.9 Å². The summed E-state index contributed by atoms with van der Waals surface area (Å²) in [6.07, 6.45) is 2.50. The van der Waals surface area contributed by atoms with Crippen LogP contribution in [0.15, 0.2) is 30.5 Å². The van der Waals surface area contributed by atoms with Crippen molar-refractivity contribution in [2.75, 3.05) is 25.5 Å². The number of nitrogens with zero attached hydrogens (tertiary/aromatic N) is 3. The third-order valence-electron chi connectivity index (χ3n) is 4.21. The molecule has 3 rings (SSSR count). The average Bonchev–Trinajstić information content (AvgIpc) is 2.61. The fraction of sp³-hybridized carbons (Fsp3) is 0.333. The minimum absolute atomic E-state index is 0. The van der Waals surface area contributed by atoms with E-state index in [1.165, 1.54) is 18.2 Å². The van der Waals surface area contributed by atoms with E-state index in [1.807, 2.05) is 13.1 Å². The number of hydrogen-bond donors (Lipinski definition) is 1. The van der Waals surface area contributed by atoms with E-state index in [0.717, 1.165) is 30.8 Å². The van der Waals surface area contributed by atoms with Crippen molar-refractivity contribution in [2.24, 2.45) is 0 Å². The first-order chi connectivity index (χ1) is 12.5. The molecule has 0 unspecified atom stereocenters. The number of aromatic nitrogens is 1. The Labute approximate surface area is 163 Å². The Bertz CT molecular complexity index is 859. The molecule has 1 aliphatic heterocycles. The van der Waals surface area contributed by atoms with Gasteiger partial charge in [0.05, 0.1) is 23.4 Å². The van der Waals surface area contributed by atoms with E-state index in [-0.39, 0.29) is 29.4 Å². The van der Waals surface area contributed by atoms with Gasteiger partial charge in [0.25, 0.3) is 5.91 Å². The summed E-state index contributed by atoms with van der Waals surface area (Å²) in [6.45, 7) is 3.79. The quantitative estimate of drug-likeness (QED) is 0.620. The lowest BCUT2D eigenvalue weighted by molar-refractivity contribution is -0.385. The number of likely N-dealkylation sites (N-methyl/N-ethyl adjacent to an activating group) is 1. The van der Waals surface area contributed by atoms with Crippen molar-refractivity contribution in [1.82, 2.24) is 9.88 Å². The second-order valence-electron chi connectivity index (χ2n) is 6.14. The molecule has 1 aromatic carbocycles. The molecule has 0 radical (unpaired) electrons. The summed E-state index contributed by atoms with van der Waals surface area (Å²) < 4.78 is 5.24. The fourth-order valence-electron chi connectivity index (χ4n) is 2.92. The lowest BCUT2D eigenvalue weighted by Crippen LogP contribution is -2.27. The largest absolute Gasteiger partial charge is 0.487 e. The van der Waals surface area contributed by atoms with E-state index < -0.39 is 10.8 Å². The molecule has 0 saturated carbocycles. The number of pyridine rings is 1. The summed E-state index contributed by atoms with van der Waals surface area (Å²) in [5, 5.41) is 14.0. The lowest BCUT2D eigenvalue weighted by atomic mass is 10.1. The maximum atomic E-state index is 12.5. The molecule has 1 N–H and O–H groups in total. The van der Waals surface area contributed by atoms with Gasteiger partial charge in [-0.2, -0.15) is 0 Å². The van der Waals surface area contributed by atoms with Crippen LogP contribution in [0.2, 0.25) is 0 Å². The van der Waals surface area contributed by atoms with Gasteiger partial charge < -0.3 is 15.0 Å². The lowest BCUT2D eigenvalue weighted by Gasteiger charge is -2.24. The van der Waals surface area contributed by atoms with Crippen LogP contribution in [0.25, 0.3) is 0 Å². The minimum Gasteiger partial charge on any atom is -0.487 e. The molecule has 144 valence electrons. The molecule has 1 aromatic heterocycles. The number of carbonyl (C=O) groups excluding carboxylic acids is 1. The third kappa shape index (κ3) is 4.72. The Morgan fingerprint density at radius 2 is 2.19 bits per heavy atom. The smallest absolute Gasteiger partial charge is 0.311 e. The summed E-state index contributed by atoms with van der Waals surface area (Å²) in [5.41, 5.74) is 2.65. The number of benzene rings is 1. The standard InChI is InChI=1S/C18H20N4O4.ClH/c1-3-26-17-5-4-12(9-16(17)22(24)25)18(23)20-14-8-13-11-21(2)7-6-15(13)19-10-14;/h4-5,8-10H,3,6-7,11H2,1-2H3,(H,20,23);1H. The highest BCUT2D eigenvalue weighted by Crippen LogP contribution is 2.28. The molecule has 2 heterocycles. The predicted octanol–water partition coefficient (Wildman–Crippen LogP) is 3.05. The van der Waals surface area contributed by atoms with E-state index in [0.29, 0.717) is 12.3 Å². The Kier molecular flexibility index (Phi) is 6.70. The Hall–Kier alpha value is -2.71. The first kappa shape index (κ1) is 20.6. The topological polar surface area (TPSA) is 97.6 Å². The molecule has 0 spiro atoms. The number of rotatable bonds is 5. The van der Waals surface area contributed by atoms with Crippen LogP contribution in [-0.2, 0) is 13.0 Å². The predicted molar refractivity (Wildman–Crippen MR) is 104 cm³/mol. The van der Waals surface area contributed by atoms with Gasteiger partial charge in [0, 0.05) is 36.8 Å². The number of carbonyl (C=O) groups is 1. The monoisotopic (exact) mass is 392 g/mol. The molecule has 0 bridgehead atoms. The van der Waals surface area contributed by atoms with Crippen molar-refractivity contribution in [2.45, 2.75) is 19.9 Å². The number of nitro benzene ring substituents is 1. The Morgan fingerprint density at radius 3 is 2.89 bits per heavy atom. The van der Waals surface area contributed by atoms with Crippen LogP contribution >= 0.6 is 12.4 Å². The maximum Gasteiger partial charge on any atom is 0.311 e. The van der Waals surface area contributed by atoms with Crippen molar-refractivity contribution in [3.8, 4) is 5.75 Å². The van der Waals surface area contributed by atoms with Crippen molar-refractivity contribution in [3.05, 3.63) is 57.4 Å². The molecular weight excluding hydrogens is 372 g/mol. The fourth-order valence-corrected chi connectivity index (χ4v) is 2.92. The van der Waals surface area contributed by atoms with Gasteiger partial charge in [-0.15, -0.1) is 12.4 Å². The molecule has 9 heteroatoms. The Morgan fingerprint density at radius 1 is 1.41 bits per heavy atom. The molecule has 1 aliphatic rings. The van der Waals surface area contributed by atoms with Gasteiger partial charge in [0.1, 0.15) is 0 Å². The number of hydrogen-bond acceptors (Lipinski definition) is 6. The van der Waals surface area contributed by atoms with Crippen LogP contribution in [0.1, 0.15) is 28.5 Å². The van der Waals surface area contributed by atoms with Crippen molar-refractivity contribution >= 4 is 29.7 Å². The van der Waals surface area contributed by atoms with Gasteiger partial charge in [-0.1, -0.05) is 0 Å². The van der Waals surface area contributed by atoms with Crippen LogP contribution in [0.4, 0.5) is 11.4 Å². The number of nitro groups is 1. The number of anilines is 1. The summed E-state index contributed by atoms with van der Waals surface area (Å²) >= 11 is 0. The SMILES string of the molecule is CCOc1ccc(C(=O)Nc2cnc3c(c2)CN(C)CC3)cc1[N+](=O)[O-].Cl. The second kappa shape index (κ2) is 8.79. The molecule has 0 aliphatic carbocycles. The Balaban J connectivity index is 0.00000261. The van der Waals surface area contributed by atoms with E-state index in [1.54, 1.807) is 13.1 Å². The molecular formula is C18H21ClN4O4. The molecule has 1 amide bonds. The zero-order valence-corrected chi connectivity index (χ0v) is 15.9. The summed E-state index contributed by atoms with van der Waals surface area (Å²) in [4.78, 5) is 29.7. The molecule has 0 atom stereocenters. The number of amides is 1. The second-order valence-corrected chi connectivity index (χ2v) is 6.14. The first-order valence-corrected chi connectivity index (χ1v) is 8.37. The molecule has 2 aromatic rings. The van der Waals surface area contributed by atoms with E-state index in [4.69, 9.17) is 4.74 Å². The molecule has 27 heavy (non-hydrogen) atoms. The van der Waals surface area contributed by atoms with Gasteiger partial charge in [-0.05, 0) is 37.7 Å². The van der Waals surface area contributed by atoms with Gasteiger partial charge in [0.15, 0.2) is 5.75 Å². The highest BCUT2D eigenvalue weighted by molar-refractivity contribution is 6.04. The van der Waals surface area contributed by atoms with Crippen LogP contribution < -0.4 is 10.1 Å². The number of nitrogens with one attached hydrogen (secondary N) is 1.